The molecule has 0 aliphatic carbocycles. The third-order valence-electron chi connectivity index (χ3n) is 5.02. The predicted molar refractivity (Wildman–Crippen MR) is 124 cm³/mol. The average molecular weight is 412 g/mol. The highest BCUT2D eigenvalue weighted by atomic mass is 16.5. The maximum Gasteiger partial charge on any atom is 0.248 e. The molecule has 0 aliphatic rings. The summed E-state index contributed by atoms with van der Waals surface area (Å²) in [6.07, 6.45) is 3.25. The van der Waals surface area contributed by atoms with E-state index >= 15 is 0 Å². The summed E-state index contributed by atoms with van der Waals surface area (Å²) in [6.45, 7) is 4.33. The van der Waals surface area contributed by atoms with Crippen molar-refractivity contribution in [3.05, 3.63) is 83.9 Å². The highest BCUT2D eigenvalue weighted by Crippen LogP contribution is 2.27. The Labute approximate surface area is 181 Å². The first-order valence-corrected chi connectivity index (χ1v) is 10.2. The lowest BCUT2D eigenvalue weighted by Crippen LogP contribution is -2.07. The minimum atomic E-state index is -0.219. The molecule has 0 unspecified atom stereocenters. The van der Waals surface area contributed by atoms with Gasteiger partial charge in [-0.25, -0.2) is 4.98 Å². The van der Waals surface area contributed by atoms with Crippen LogP contribution in [0.15, 0.2) is 77.2 Å². The van der Waals surface area contributed by atoms with Crippen molar-refractivity contribution in [1.29, 1.82) is 0 Å². The summed E-state index contributed by atoms with van der Waals surface area (Å²) in [5.41, 5.74) is 5.14. The van der Waals surface area contributed by atoms with E-state index in [1.807, 2.05) is 48.5 Å². The van der Waals surface area contributed by atoms with Gasteiger partial charge in [0.25, 0.3) is 0 Å². The van der Waals surface area contributed by atoms with Gasteiger partial charge in [0, 0.05) is 17.3 Å². The Morgan fingerprint density at radius 2 is 1.77 bits per heavy atom. The van der Waals surface area contributed by atoms with Crippen LogP contribution >= 0.6 is 0 Å². The zero-order valence-electron chi connectivity index (χ0n) is 17.8. The van der Waals surface area contributed by atoms with E-state index in [0.29, 0.717) is 28.6 Å². The van der Waals surface area contributed by atoms with Crippen molar-refractivity contribution >= 4 is 28.8 Å². The van der Waals surface area contributed by atoms with Gasteiger partial charge in [-0.1, -0.05) is 38.1 Å². The van der Waals surface area contributed by atoms with Crippen molar-refractivity contribution in [3.8, 4) is 17.2 Å². The molecule has 4 rings (SSSR count). The first-order valence-electron chi connectivity index (χ1n) is 10.2. The molecular weight excluding hydrogens is 388 g/mol. The molecule has 0 atom stereocenters. The Kier molecular flexibility index (Phi) is 5.85. The third-order valence-corrected chi connectivity index (χ3v) is 5.02. The average Bonchev–Trinajstić information content (AvgIpc) is 3.21. The van der Waals surface area contributed by atoms with Gasteiger partial charge in [0.1, 0.15) is 11.3 Å². The van der Waals surface area contributed by atoms with Crippen LogP contribution in [-0.2, 0) is 4.79 Å². The molecule has 1 N–H and O–H groups in total. The lowest BCUT2D eigenvalue weighted by Gasteiger charge is -2.04. The normalized spacial score (nSPS) is 11.4. The van der Waals surface area contributed by atoms with Gasteiger partial charge >= 0.3 is 0 Å². The minimum Gasteiger partial charge on any atom is -0.497 e. The van der Waals surface area contributed by atoms with Crippen LogP contribution in [0.5, 0.6) is 5.75 Å². The molecule has 0 radical (unpaired) electrons. The smallest absolute Gasteiger partial charge is 0.248 e. The third kappa shape index (κ3) is 4.83. The molecule has 0 saturated heterocycles. The number of hydrogen-bond acceptors (Lipinski definition) is 4. The van der Waals surface area contributed by atoms with Crippen LogP contribution in [-0.4, -0.2) is 18.0 Å². The fraction of sp³-hybridized carbons (Fsp3) is 0.154. The topological polar surface area (TPSA) is 64.4 Å². The van der Waals surface area contributed by atoms with Gasteiger partial charge in [-0.05, 0) is 65.6 Å². The summed E-state index contributed by atoms with van der Waals surface area (Å²) in [7, 11) is 1.62. The molecule has 0 bridgehead atoms. The summed E-state index contributed by atoms with van der Waals surface area (Å²) in [5, 5.41) is 2.86. The van der Waals surface area contributed by atoms with Gasteiger partial charge in [-0.3, -0.25) is 4.79 Å². The van der Waals surface area contributed by atoms with Crippen molar-refractivity contribution in [2.24, 2.45) is 0 Å². The number of carbonyl (C=O) groups excluding carboxylic acids is 1. The Hall–Kier alpha value is -3.86. The lowest BCUT2D eigenvalue weighted by atomic mass is 10.0. The van der Waals surface area contributed by atoms with Crippen molar-refractivity contribution in [1.82, 2.24) is 4.98 Å². The van der Waals surface area contributed by atoms with E-state index in [1.54, 1.807) is 19.3 Å². The van der Waals surface area contributed by atoms with E-state index in [9.17, 15) is 4.79 Å². The molecule has 4 aromatic rings. The van der Waals surface area contributed by atoms with Crippen molar-refractivity contribution < 1.29 is 13.9 Å². The predicted octanol–water partition coefficient (Wildman–Crippen LogP) is 6.28. The van der Waals surface area contributed by atoms with Crippen molar-refractivity contribution in [2.45, 2.75) is 19.8 Å². The standard InChI is InChI=1S/C26H24N2O3/c1-17(2)19-7-9-20(10-8-19)26-28-23-16-21(11-14-24(23)31-26)27-25(29)15-6-18-4-12-22(30-3)13-5-18/h4-17H,1-3H3,(H,27,29)/b15-6+. The van der Waals surface area contributed by atoms with Gasteiger partial charge in [-0.2, -0.15) is 0 Å². The van der Waals surface area contributed by atoms with Crippen LogP contribution < -0.4 is 10.1 Å². The second kappa shape index (κ2) is 8.88. The molecule has 0 saturated carbocycles. The highest BCUT2D eigenvalue weighted by molar-refractivity contribution is 6.02. The van der Waals surface area contributed by atoms with E-state index in [-0.39, 0.29) is 5.91 Å². The van der Waals surface area contributed by atoms with Gasteiger partial charge in [0.15, 0.2) is 5.58 Å². The molecular formula is C26H24N2O3. The second-order valence-corrected chi connectivity index (χ2v) is 7.57. The number of methoxy groups -OCH3 is 1. The molecule has 5 nitrogen and oxygen atoms in total. The number of rotatable bonds is 6. The molecule has 1 aromatic heterocycles. The van der Waals surface area contributed by atoms with E-state index in [2.05, 4.69) is 36.3 Å². The molecule has 0 fully saturated rings. The highest BCUT2D eigenvalue weighted by Gasteiger charge is 2.10. The summed E-state index contributed by atoms with van der Waals surface area (Å²) in [4.78, 5) is 16.9. The summed E-state index contributed by atoms with van der Waals surface area (Å²) in [6, 6.07) is 21.1. The zero-order valence-corrected chi connectivity index (χ0v) is 17.8. The van der Waals surface area contributed by atoms with E-state index in [0.717, 1.165) is 16.9 Å². The Morgan fingerprint density at radius 3 is 2.45 bits per heavy atom. The number of aromatic nitrogens is 1. The quantitative estimate of drug-likeness (QED) is 0.379. The monoisotopic (exact) mass is 412 g/mol. The van der Waals surface area contributed by atoms with Crippen LogP contribution in [0.25, 0.3) is 28.6 Å². The number of anilines is 1. The largest absolute Gasteiger partial charge is 0.497 e. The van der Waals surface area contributed by atoms with E-state index in [1.165, 1.54) is 11.6 Å². The SMILES string of the molecule is COc1ccc(/C=C/C(=O)Nc2ccc3oc(-c4ccc(C(C)C)cc4)nc3c2)cc1. The lowest BCUT2D eigenvalue weighted by molar-refractivity contribution is -0.111. The summed E-state index contributed by atoms with van der Waals surface area (Å²) in [5.74, 6) is 1.59. The Balaban J connectivity index is 1.47. The summed E-state index contributed by atoms with van der Waals surface area (Å²) < 4.78 is 11.0. The number of nitrogens with zero attached hydrogens (tertiary/aromatic N) is 1. The first-order chi connectivity index (χ1) is 15.0. The number of nitrogens with one attached hydrogen (secondary N) is 1. The molecule has 1 heterocycles. The van der Waals surface area contributed by atoms with E-state index in [4.69, 9.17) is 9.15 Å². The number of amides is 1. The molecule has 0 spiro atoms. The van der Waals surface area contributed by atoms with Gasteiger partial charge in [0.2, 0.25) is 11.8 Å². The van der Waals surface area contributed by atoms with Crippen molar-refractivity contribution in [3.63, 3.8) is 0 Å². The molecule has 1 amide bonds. The maximum absolute atomic E-state index is 12.3. The van der Waals surface area contributed by atoms with Crippen molar-refractivity contribution in [2.75, 3.05) is 12.4 Å². The van der Waals surface area contributed by atoms with Crippen LogP contribution in [0.1, 0.15) is 30.9 Å². The number of oxazole rings is 1. The number of fused-ring (bicyclic) bond motifs is 1. The molecule has 0 aliphatic heterocycles. The van der Waals surface area contributed by atoms with Gasteiger partial charge in [-0.15, -0.1) is 0 Å². The van der Waals surface area contributed by atoms with Crippen LogP contribution in [0.2, 0.25) is 0 Å². The van der Waals surface area contributed by atoms with Crippen LogP contribution in [0, 0.1) is 0 Å². The number of ether oxygens (including phenoxy) is 1. The second-order valence-electron chi connectivity index (χ2n) is 7.57. The summed E-state index contributed by atoms with van der Waals surface area (Å²) >= 11 is 0. The van der Waals surface area contributed by atoms with Gasteiger partial charge in [0.05, 0.1) is 7.11 Å². The zero-order chi connectivity index (χ0) is 21.8. The number of hydrogen-bond donors (Lipinski definition) is 1. The maximum atomic E-state index is 12.3. The fourth-order valence-electron chi connectivity index (χ4n) is 3.21. The number of benzene rings is 3. The van der Waals surface area contributed by atoms with Crippen LogP contribution in [0.3, 0.4) is 0 Å². The van der Waals surface area contributed by atoms with Gasteiger partial charge < -0.3 is 14.5 Å². The number of carbonyl (C=O) groups is 1. The molecule has 31 heavy (non-hydrogen) atoms. The molecule has 3 aromatic carbocycles. The Morgan fingerprint density at radius 1 is 1.03 bits per heavy atom. The minimum absolute atomic E-state index is 0.219. The van der Waals surface area contributed by atoms with Crippen LogP contribution in [0.4, 0.5) is 5.69 Å². The van der Waals surface area contributed by atoms with E-state index < -0.39 is 0 Å². The fourth-order valence-corrected chi connectivity index (χ4v) is 3.21. The first kappa shape index (κ1) is 20.4. The Bertz CT molecular complexity index is 1220. The molecule has 5 heteroatoms. The molecule has 156 valence electrons.